The van der Waals surface area contributed by atoms with Crippen LogP contribution < -0.4 is 10.6 Å². The average Bonchev–Trinajstić information content (AvgIpc) is 2.94. The Morgan fingerprint density at radius 1 is 1.67 bits per heavy atom. The number of carboxylic acid groups (broad SMARTS) is 1. The molecule has 0 bridgehead atoms. The van der Waals surface area contributed by atoms with Gasteiger partial charge in [-0.15, -0.1) is 0 Å². The summed E-state index contributed by atoms with van der Waals surface area (Å²) in [5.74, 6) is 5.49. The zero-order valence-electron chi connectivity index (χ0n) is 13.4. The Morgan fingerprint density at radius 3 is 3.12 bits per heavy atom. The molecule has 1 aromatic heterocycles. The highest BCUT2D eigenvalue weighted by Crippen LogP contribution is 2.45. The van der Waals surface area contributed by atoms with Gasteiger partial charge >= 0.3 is 6.09 Å². The van der Waals surface area contributed by atoms with Crippen molar-refractivity contribution in [1.29, 1.82) is 0 Å². The molecule has 2 aliphatic heterocycles. The van der Waals surface area contributed by atoms with Crippen LogP contribution in [0.1, 0.15) is 23.3 Å². The maximum absolute atomic E-state index is 11.6. The highest BCUT2D eigenvalue weighted by molar-refractivity contribution is 7.20. The third-order valence-corrected chi connectivity index (χ3v) is 5.84. The molecule has 0 saturated carbocycles. The molecular weight excluding hydrogens is 327 g/mol. The molecule has 1 aromatic rings. The quantitative estimate of drug-likeness (QED) is 0.352. The monoisotopic (exact) mass is 346 g/mol. The summed E-state index contributed by atoms with van der Waals surface area (Å²) in [6.45, 7) is 0.938. The second-order valence-corrected chi connectivity index (χ2v) is 7.07. The molecule has 1 unspecified atom stereocenters. The van der Waals surface area contributed by atoms with Gasteiger partial charge in [0.25, 0.3) is 0 Å². The maximum Gasteiger partial charge on any atom is 0.407 e. The van der Waals surface area contributed by atoms with E-state index in [0.29, 0.717) is 31.7 Å². The summed E-state index contributed by atoms with van der Waals surface area (Å²) in [5.41, 5.74) is 1.09. The topological polar surface area (TPSA) is 101 Å². The Labute approximate surface area is 145 Å². The van der Waals surface area contributed by atoms with Crippen LogP contribution in [0.15, 0.2) is 16.2 Å². The fourth-order valence-electron chi connectivity index (χ4n) is 3.59. The Balaban J connectivity index is 2.00. The molecule has 0 aliphatic carbocycles. The van der Waals surface area contributed by atoms with E-state index in [-0.39, 0.29) is 0 Å². The third-order valence-electron chi connectivity index (χ3n) is 4.65. The van der Waals surface area contributed by atoms with Gasteiger partial charge in [-0.3, -0.25) is 9.89 Å². The molecular formula is C15H19BN4O3S. The van der Waals surface area contributed by atoms with E-state index in [1.54, 1.807) is 7.05 Å². The minimum Gasteiger partial charge on any atom is -0.465 e. The number of piperidine rings is 1. The van der Waals surface area contributed by atoms with Crippen molar-refractivity contribution in [3.8, 4) is 0 Å². The van der Waals surface area contributed by atoms with Gasteiger partial charge in [0.15, 0.2) is 0 Å². The SMILES string of the molecule is [B]c1cc2c(s1)C1(CCN(C(=O)O)[C@H](/C(C=NC)=N/N)C1)OCC2. The number of rotatable bonds is 2. The first-order chi connectivity index (χ1) is 11.5. The predicted octanol–water partition coefficient (Wildman–Crippen LogP) is 0.468. The van der Waals surface area contributed by atoms with Gasteiger partial charge in [-0.2, -0.15) is 16.4 Å². The zero-order chi connectivity index (χ0) is 17.3. The molecule has 3 N–H and O–H groups in total. The van der Waals surface area contributed by atoms with Crippen molar-refractivity contribution in [2.45, 2.75) is 30.9 Å². The minimum absolute atomic E-state index is 0.341. The molecule has 3 rings (SSSR count). The molecule has 2 atom stereocenters. The molecule has 2 radical (unpaired) electrons. The number of hydrogen-bond donors (Lipinski definition) is 2. The number of nitrogens with zero attached hydrogens (tertiary/aromatic N) is 3. The first-order valence-corrected chi connectivity index (χ1v) is 8.54. The summed E-state index contributed by atoms with van der Waals surface area (Å²) >= 11 is 1.52. The lowest BCUT2D eigenvalue weighted by molar-refractivity contribution is -0.0978. The number of amides is 1. The van der Waals surface area contributed by atoms with Gasteiger partial charge in [0.1, 0.15) is 19.2 Å². The Kier molecular flexibility index (Phi) is 4.64. The fourth-order valence-corrected chi connectivity index (χ4v) is 4.75. The first-order valence-electron chi connectivity index (χ1n) is 7.73. The molecule has 1 fully saturated rings. The molecule has 24 heavy (non-hydrogen) atoms. The van der Waals surface area contributed by atoms with E-state index in [2.05, 4.69) is 10.1 Å². The van der Waals surface area contributed by atoms with Crippen LogP contribution in [0.2, 0.25) is 0 Å². The van der Waals surface area contributed by atoms with Crippen LogP contribution in [0.4, 0.5) is 4.79 Å². The highest BCUT2D eigenvalue weighted by atomic mass is 32.1. The van der Waals surface area contributed by atoms with Crippen LogP contribution in [0, 0.1) is 0 Å². The Morgan fingerprint density at radius 2 is 2.46 bits per heavy atom. The molecule has 1 spiro atoms. The number of hydrazone groups is 1. The van der Waals surface area contributed by atoms with Crippen LogP contribution in [0.5, 0.6) is 0 Å². The van der Waals surface area contributed by atoms with Crippen LogP contribution in [0.3, 0.4) is 0 Å². The van der Waals surface area contributed by atoms with Crippen molar-refractivity contribution in [1.82, 2.24) is 4.90 Å². The number of ether oxygens (including phenoxy) is 1. The van der Waals surface area contributed by atoms with E-state index < -0.39 is 17.7 Å². The fraction of sp³-hybridized carbons (Fsp3) is 0.533. The molecule has 2 aliphatic rings. The lowest BCUT2D eigenvalue weighted by Crippen LogP contribution is -2.56. The summed E-state index contributed by atoms with van der Waals surface area (Å²) in [4.78, 5) is 18.0. The molecule has 1 amide bonds. The Hall–Kier alpha value is -1.87. The molecule has 3 heterocycles. The number of likely N-dealkylation sites (tertiary alicyclic amines) is 1. The van der Waals surface area contributed by atoms with Gasteiger partial charge in [-0.1, -0.05) is 6.07 Å². The first kappa shape index (κ1) is 17.0. The van der Waals surface area contributed by atoms with Gasteiger partial charge < -0.3 is 15.7 Å². The van der Waals surface area contributed by atoms with Crippen molar-refractivity contribution in [3.63, 3.8) is 0 Å². The standard InChI is InChI=1S/C15H19BN4O3S/c1-18-8-10(19-17)11-7-15(3-4-20(11)14(21)22)13-9(2-5-23-15)6-12(16)24-13/h6,8,11H,2-5,7,17H2,1H3,(H,21,22)/b18-8?,19-10+/t11-,15?/m0/s1. The van der Waals surface area contributed by atoms with E-state index in [9.17, 15) is 9.90 Å². The maximum atomic E-state index is 11.6. The van der Waals surface area contributed by atoms with Crippen LogP contribution in [-0.2, 0) is 16.8 Å². The zero-order valence-corrected chi connectivity index (χ0v) is 14.3. The molecule has 126 valence electrons. The summed E-state index contributed by atoms with van der Waals surface area (Å²) in [7, 11) is 7.59. The normalized spacial score (nSPS) is 27.6. The molecule has 7 nitrogen and oxygen atoms in total. The number of hydrogen-bond acceptors (Lipinski definition) is 6. The average molecular weight is 346 g/mol. The van der Waals surface area contributed by atoms with E-state index in [1.165, 1.54) is 28.0 Å². The Bertz CT molecular complexity index is 705. The molecule has 0 aromatic carbocycles. The van der Waals surface area contributed by atoms with Crippen molar-refractivity contribution in [2.75, 3.05) is 20.2 Å². The van der Waals surface area contributed by atoms with E-state index in [1.807, 2.05) is 6.07 Å². The third kappa shape index (κ3) is 2.82. The largest absolute Gasteiger partial charge is 0.465 e. The minimum atomic E-state index is -0.998. The molecule has 1 saturated heterocycles. The van der Waals surface area contributed by atoms with Gasteiger partial charge in [0, 0.05) is 31.1 Å². The number of thiophene rings is 1. The van der Waals surface area contributed by atoms with Crippen LogP contribution in [-0.4, -0.2) is 62.1 Å². The van der Waals surface area contributed by atoms with Gasteiger partial charge in [-0.05, 0) is 23.2 Å². The van der Waals surface area contributed by atoms with Crippen LogP contribution in [0.25, 0.3) is 0 Å². The van der Waals surface area contributed by atoms with Gasteiger partial charge in [-0.25, -0.2) is 4.79 Å². The van der Waals surface area contributed by atoms with E-state index in [0.717, 1.165) is 16.1 Å². The number of fused-ring (bicyclic) bond motifs is 2. The lowest BCUT2D eigenvalue weighted by Gasteiger charge is -2.46. The smallest absolute Gasteiger partial charge is 0.407 e. The summed E-state index contributed by atoms with van der Waals surface area (Å²) < 4.78 is 6.93. The highest BCUT2D eigenvalue weighted by Gasteiger charge is 2.48. The summed E-state index contributed by atoms with van der Waals surface area (Å²) in [5, 5.41) is 13.3. The lowest BCUT2D eigenvalue weighted by atomic mass is 9.80. The predicted molar refractivity (Wildman–Crippen MR) is 94.8 cm³/mol. The van der Waals surface area contributed by atoms with E-state index >= 15 is 0 Å². The van der Waals surface area contributed by atoms with Crippen molar-refractivity contribution in [2.24, 2.45) is 15.9 Å². The number of aliphatic imine (C=N–C) groups is 1. The molecule has 9 heteroatoms. The van der Waals surface area contributed by atoms with Crippen molar-refractivity contribution >= 4 is 42.0 Å². The van der Waals surface area contributed by atoms with Gasteiger partial charge in [0.05, 0.1) is 12.6 Å². The summed E-state index contributed by atoms with van der Waals surface area (Å²) in [6.07, 6.45) is 2.37. The number of nitrogens with two attached hydrogens (primary N) is 1. The van der Waals surface area contributed by atoms with Crippen molar-refractivity contribution < 1.29 is 14.6 Å². The second kappa shape index (κ2) is 6.56. The number of carbonyl (C=O) groups is 1. The second-order valence-electron chi connectivity index (χ2n) is 5.98. The van der Waals surface area contributed by atoms with E-state index in [4.69, 9.17) is 18.4 Å². The van der Waals surface area contributed by atoms with Gasteiger partial charge in [0.2, 0.25) is 0 Å². The van der Waals surface area contributed by atoms with Crippen LogP contribution >= 0.6 is 11.3 Å². The summed E-state index contributed by atoms with van der Waals surface area (Å²) in [6, 6.07) is 1.49. The van der Waals surface area contributed by atoms with Crippen molar-refractivity contribution in [3.05, 3.63) is 16.5 Å².